The predicted molar refractivity (Wildman–Crippen MR) is 123 cm³/mol. The highest BCUT2D eigenvalue weighted by atomic mass is 35.5. The lowest BCUT2D eigenvalue weighted by Gasteiger charge is -2.29. The molecule has 1 atom stereocenters. The largest absolute Gasteiger partial charge is 0.483 e. The number of benzene rings is 2. The number of hydrogen-bond donors (Lipinski definition) is 1. The van der Waals surface area contributed by atoms with Gasteiger partial charge in [-0.1, -0.05) is 54.3 Å². The molecule has 0 unspecified atom stereocenters. The Morgan fingerprint density at radius 2 is 1.90 bits per heavy atom. The Bertz CT molecular complexity index is 925. The molecule has 0 bridgehead atoms. The van der Waals surface area contributed by atoms with Gasteiger partial charge in [0, 0.05) is 17.6 Å². The fourth-order valence-electron chi connectivity index (χ4n) is 3.99. The maximum Gasteiger partial charge on any atom is 0.261 e. The number of ether oxygens (including phenoxy) is 1. The topological polar surface area (TPSA) is 58.6 Å². The van der Waals surface area contributed by atoms with Gasteiger partial charge in [0.25, 0.3) is 5.91 Å². The van der Waals surface area contributed by atoms with Crippen LogP contribution in [-0.4, -0.2) is 35.4 Å². The molecule has 1 fully saturated rings. The third-order valence-electron chi connectivity index (χ3n) is 5.79. The molecule has 166 valence electrons. The molecule has 0 spiro atoms. The fourth-order valence-corrected chi connectivity index (χ4v) is 4.20. The first-order valence-electron chi connectivity index (χ1n) is 10.9. The highest BCUT2D eigenvalue weighted by Crippen LogP contribution is 2.21. The maximum atomic E-state index is 13.2. The van der Waals surface area contributed by atoms with Crippen molar-refractivity contribution < 1.29 is 14.3 Å². The lowest BCUT2D eigenvalue weighted by atomic mass is 10.1. The molecular weight excluding hydrogens is 412 g/mol. The Balaban J connectivity index is 1.73. The van der Waals surface area contributed by atoms with E-state index in [0.717, 1.165) is 42.4 Å². The number of halogens is 1. The number of nitrogens with zero attached hydrogens (tertiary/aromatic N) is 1. The first-order chi connectivity index (χ1) is 14.8. The van der Waals surface area contributed by atoms with E-state index in [1.54, 1.807) is 17.9 Å². The minimum Gasteiger partial charge on any atom is -0.483 e. The van der Waals surface area contributed by atoms with Gasteiger partial charge in [-0.25, -0.2) is 0 Å². The Morgan fingerprint density at radius 1 is 1.16 bits per heavy atom. The molecule has 0 aliphatic heterocycles. The van der Waals surface area contributed by atoms with Crippen molar-refractivity contribution in [1.29, 1.82) is 0 Å². The normalized spacial score (nSPS) is 14.8. The number of aryl methyl sites for hydroxylation is 2. The van der Waals surface area contributed by atoms with Crippen molar-refractivity contribution in [2.24, 2.45) is 0 Å². The standard InChI is InChI=1S/C25H31ClN2O3/c1-17-11-12-23(18(2)13-17)31-16-24(29)28(15-20-7-6-8-21(26)14-20)19(3)25(30)27-22-9-4-5-10-22/h6-8,11-14,19,22H,4-5,9-10,15-16H2,1-3H3,(H,27,30)/t19-/m1/s1. The van der Waals surface area contributed by atoms with Gasteiger partial charge < -0.3 is 15.0 Å². The summed E-state index contributed by atoms with van der Waals surface area (Å²) < 4.78 is 5.81. The van der Waals surface area contributed by atoms with Crippen LogP contribution in [0.15, 0.2) is 42.5 Å². The summed E-state index contributed by atoms with van der Waals surface area (Å²) >= 11 is 6.13. The molecule has 0 heterocycles. The summed E-state index contributed by atoms with van der Waals surface area (Å²) in [5.41, 5.74) is 2.98. The highest BCUT2D eigenvalue weighted by molar-refractivity contribution is 6.30. The van der Waals surface area contributed by atoms with Crippen molar-refractivity contribution in [2.45, 2.75) is 65.1 Å². The molecule has 31 heavy (non-hydrogen) atoms. The summed E-state index contributed by atoms with van der Waals surface area (Å²) in [5.74, 6) is 0.299. The minimum atomic E-state index is -0.616. The van der Waals surface area contributed by atoms with E-state index >= 15 is 0 Å². The second-order valence-electron chi connectivity index (χ2n) is 8.38. The van der Waals surface area contributed by atoms with Crippen LogP contribution >= 0.6 is 11.6 Å². The van der Waals surface area contributed by atoms with Crippen LogP contribution in [-0.2, 0) is 16.1 Å². The highest BCUT2D eigenvalue weighted by Gasteiger charge is 2.28. The molecule has 5 nitrogen and oxygen atoms in total. The molecule has 6 heteroatoms. The maximum absolute atomic E-state index is 13.2. The smallest absolute Gasteiger partial charge is 0.261 e. The SMILES string of the molecule is Cc1ccc(OCC(=O)N(Cc2cccc(Cl)c2)[C@H](C)C(=O)NC2CCCC2)c(C)c1. The monoisotopic (exact) mass is 442 g/mol. The molecule has 2 aromatic rings. The fraction of sp³-hybridized carbons (Fsp3) is 0.440. The van der Waals surface area contributed by atoms with Crippen molar-refractivity contribution in [2.75, 3.05) is 6.61 Å². The van der Waals surface area contributed by atoms with E-state index in [9.17, 15) is 9.59 Å². The third kappa shape index (κ3) is 6.47. The first-order valence-corrected chi connectivity index (χ1v) is 11.3. The predicted octanol–water partition coefficient (Wildman–Crippen LogP) is 4.81. The number of nitrogens with one attached hydrogen (secondary N) is 1. The molecule has 1 N–H and O–H groups in total. The second kappa shape index (κ2) is 10.7. The van der Waals surface area contributed by atoms with Crippen molar-refractivity contribution in [1.82, 2.24) is 10.2 Å². The molecule has 0 radical (unpaired) electrons. The molecule has 0 saturated heterocycles. The van der Waals surface area contributed by atoms with Crippen LogP contribution in [0.1, 0.15) is 49.3 Å². The second-order valence-corrected chi connectivity index (χ2v) is 8.81. The zero-order valence-corrected chi connectivity index (χ0v) is 19.2. The summed E-state index contributed by atoms with van der Waals surface area (Å²) in [6.07, 6.45) is 4.26. The van der Waals surface area contributed by atoms with Gasteiger partial charge in [-0.3, -0.25) is 9.59 Å². The van der Waals surface area contributed by atoms with Crippen LogP contribution in [0, 0.1) is 13.8 Å². The molecule has 1 saturated carbocycles. The van der Waals surface area contributed by atoms with Crippen LogP contribution in [0.2, 0.25) is 5.02 Å². The number of hydrogen-bond acceptors (Lipinski definition) is 3. The average Bonchev–Trinajstić information content (AvgIpc) is 3.23. The third-order valence-corrected chi connectivity index (χ3v) is 6.03. The van der Waals surface area contributed by atoms with E-state index in [1.165, 1.54) is 0 Å². The van der Waals surface area contributed by atoms with Crippen LogP contribution < -0.4 is 10.1 Å². The Labute approximate surface area is 189 Å². The van der Waals surface area contributed by atoms with Crippen molar-refractivity contribution in [3.8, 4) is 5.75 Å². The summed E-state index contributed by atoms with van der Waals surface area (Å²) in [6, 6.07) is 12.8. The number of amides is 2. The summed E-state index contributed by atoms with van der Waals surface area (Å²) in [5, 5.41) is 3.70. The minimum absolute atomic E-state index is 0.131. The van der Waals surface area contributed by atoms with Gasteiger partial charge >= 0.3 is 0 Å². The van der Waals surface area contributed by atoms with Crippen LogP contribution in [0.5, 0.6) is 5.75 Å². The summed E-state index contributed by atoms with van der Waals surface area (Å²) in [7, 11) is 0. The lowest BCUT2D eigenvalue weighted by Crippen LogP contribution is -2.50. The van der Waals surface area contributed by atoms with Gasteiger partial charge in [0.2, 0.25) is 5.91 Å². The van der Waals surface area contributed by atoms with Gasteiger partial charge in [0.05, 0.1) is 0 Å². The Hall–Kier alpha value is -2.53. The van der Waals surface area contributed by atoms with E-state index < -0.39 is 6.04 Å². The molecule has 1 aliphatic rings. The van der Waals surface area contributed by atoms with E-state index in [1.807, 2.05) is 50.2 Å². The van der Waals surface area contributed by atoms with Crippen molar-refractivity contribution >= 4 is 23.4 Å². The van der Waals surface area contributed by atoms with Crippen molar-refractivity contribution in [3.63, 3.8) is 0 Å². The van der Waals surface area contributed by atoms with E-state index in [4.69, 9.17) is 16.3 Å². The summed E-state index contributed by atoms with van der Waals surface area (Å²) in [6.45, 7) is 5.89. The molecule has 0 aromatic heterocycles. The molecule has 1 aliphatic carbocycles. The van der Waals surface area contributed by atoms with Gasteiger partial charge in [0.1, 0.15) is 11.8 Å². The van der Waals surface area contributed by atoms with Gasteiger partial charge in [-0.05, 0) is 62.9 Å². The average molecular weight is 443 g/mol. The van der Waals surface area contributed by atoms with Crippen LogP contribution in [0.25, 0.3) is 0 Å². The van der Waals surface area contributed by atoms with E-state index in [0.29, 0.717) is 10.8 Å². The number of carbonyl (C=O) groups is 2. The van der Waals surface area contributed by atoms with E-state index in [2.05, 4.69) is 5.32 Å². The van der Waals surface area contributed by atoms with Gasteiger partial charge in [-0.2, -0.15) is 0 Å². The van der Waals surface area contributed by atoms with Crippen LogP contribution in [0.3, 0.4) is 0 Å². The van der Waals surface area contributed by atoms with E-state index in [-0.39, 0.29) is 31.0 Å². The number of carbonyl (C=O) groups excluding carboxylic acids is 2. The molecular formula is C25H31ClN2O3. The summed E-state index contributed by atoms with van der Waals surface area (Å²) in [4.78, 5) is 27.6. The Morgan fingerprint density at radius 3 is 2.58 bits per heavy atom. The Kier molecular flexibility index (Phi) is 7.97. The van der Waals surface area contributed by atoms with Gasteiger partial charge in [-0.15, -0.1) is 0 Å². The lowest BCUT2D eigenvalue weighted by molar-refractivity contribution is -0.142. The van der Waals surface area contributed by atoms with Crippen molar-refractivity contribution in [3.05, 3.63) is 64.2 Å². The molecule has 3 rings (SSSR count). The first kappa shape index (κ1) is 23.1. The zero-order chi connectivity index (χ0) is 22.4. The number of rotatable bonds is 8. The quantitative estimate of drug-likeness (QED) is 0.638. The van der Waals surface area contributed by atoms with Gasteiger partial charge in [0.15, 0.2) is 6.61 Å². The zero-order valence-electron chi connectivity index (χ0n) is 18.5. The molecule has 2 aromatic carbocycles. The molecule has 2 amide bonds. The van der Waals surface area contributed by atoms with Crippen LogP contribution in [0.4, 0.5) is 0 Å².